The number of fused-ring (bicyclic) bond motifs is 2. The lowest BCUT2D eigenvalue weighted by Crippen LogP contribution is -2.09. The van der Waals surface area contributed by atoms with Crippen molar-refractivity contribution in [3.8, 4) is 20.2 Å². The molecule has 7 aromatic rings. The first kappa shape index (κ1) is 28.3. The molecule has 0 unspecified atom stereocenters. The van der Waals surface area contributed by atoms with E-state index >= 15 is 0 Å². The summed E-state index contributed by atoms with van der Waals surface area (Å²) in [6, 6.07) is 34.8. The van der Waals surface area contributed by atoms with Gasteiger partial charge in [0.1, 0.15) is 0 Å². The third-order valence-electron chi connectivity index (χ3n) is 7.29. The van der Waals surface area contributed by atoms with Gasteiger partial charge in [-0.25, -0.2) is 4.85 Å². The molecule has 4 aromatic heterocycles. The molecule has 44 heavy (non-hydrogen) atoms. The number of carboxylic acids is 1. The Kier molecular flexibility index (Phi) is 7.40. The molecular weight excluding hydrogens is 621 g/mol. The average molecular weight is 645 g/mol. The molecule has 0 atom stereocenters. The van der Waals surface area contributed by atoms with E-state index < -0.39 is 5.97 Å². The number of carbonyl (C=O) groups is 1. The molecule has 0 amide bonds. The van der Waals surface area contributed by atoms with Crippen molar-refractivity contribution in [2.75, 3.05) is 4.90 Å². The fourth-order valence-electron chi connectivity index (χ4n) is 5.03. The predicted molar refractivity (Wildman–Crippen MR) is 190 cm³/mol. The molecule has 4 heterocycles. The standard InChI is InChI=1S/C36H24N2O2S4/c1-21-4-10-24(11-5-21)38(25-12-6-22(2)7-13-25)26-14-8-23(9-15-26)29-18-32-33(42-29)20-35(44-32)34-19-31-30(43-34)17-27(41-31)16-28(37-3)36(39)40/h4-20H,1-2H3,(H,39,40)/b28-16-. The van der Waals surface area contributed by atoms with E-state index in [9.17, 15) is 4.79 Å². The van der Waals surface area contributed by atoms with E-state index in [2.05, 4.69) is 115 Å². The van der Waals surface area contributed by atoms with Crippen LogP contribution in [0.15, 0.2) is 103 Å². The minimum atomic E-state index is -1.20. The lowest BCUT2D eigenvalue weighted by atomic mass is 10.1. The number of rotatable bonds is 7. The second-order valence-electron chi connectivity index (χ2n) is 10.4. The van der Waals surface area contributed by atoms with Crippen molar-refractivity contribution in [2.45, 2.75) is 13.8 Å². The van der Waals surface area contributed by atoms with Crippen molar-refractivity contribution in [1.29, 1.82) is 0 Å². The van der Waals surface area contributed by atoms with Gasteiger partial charge >= 0.3 is 5.97 Å². The van der Waals surface area contributed by atoms with Gasteiger partial charge in [-0.1, -0.05) is 47.5 Å². The van der Waals surface area contributed by atoms with Crippen molar-refractivity contribution >= 4 is 93.3 Å². The van der Waals surface area contributed by atoms with Gasteiger partial charge < -0.3 is 10.0 Å². The fraction of sp³-hybridized carbons (Fsp3) is 0.0556. The number of benzene rings is 3. The average Bonchev–Trinajstić information content (AvgIpc) is 3.78. The molecule has 0 aliphatic rings. The zero-order valence-electron chi connectivity index (χ0n) is 23.7. The van der Waals surface area contributed by atoms with Crippen LogP contribution >= 0.6 is 45.3 Å². The third-order valence-corrected chi connectivity index (χ3v) is 12.1. The molecule has 4 nitrogen and oxygen atoms in total. The third kappa shape index (κ3) is 5.47. The van der Waals surface area contributed by atoms with Gasteiger partial charge in [-0.15, -0.1) is 45.3 Å². The maximum atomic E-state index is 11.2. The Bertz CT molecular complexity index is 2110. The van der Waals surface area contributed by atoms with E-state index in [0.29, 0.717) is 0 Å². The molecule has 8 heteroatoms. The smallest absolute Gasteiger partial charge is 0.333 e. The number of thiophene rings is 4. The van der Waals surface area contributed by atoms with Gasteiger partial charge in [0, 0.05) is 55.4 Å². The van der Waals surface area contributed by atoms with Crippen LogP contribution in [0.5, 0.6) is 0 Å². The van der Waals surface area contributed by atoms with E-state index in [-0.39, 0.29) is 5.70 Å². The Hall–Kier alpha value is -4.52. The molecule has 0 aliphatic heterocycles. The SMILES string of the molecule is [C-]#[N+]/C(=C\c1cc2sc(-c3cc4sc(-c5ccc(N(c6ccc(C)cc6)c6ccc(C)cc6)cc5)cc4s3)cc2s1)C(=O)O. The van der Waals surface area contributed by atoms with Crippen molar-refractivity contribution in [3.63, 3.8) is 0 Å². The summed E-state index contributed by atoms with van der Waals surface area (Å²) in [5.41, 5.74) is 6.79. The van der Waals surface area contributed by atoms with Crippen LogP contribution in [0.1, 0.15) is 16.0 Å². The molecule has 0 aliphatic carbocycles. The van der Waals surface area contributed by atoms with Gasteiger partial charge in [0.05, 0.1) is 6.57 Å². The molecule has 7 rings (SSSR count). The highest BCUT2D eigenvalue weighted by Gasteiger charge is 2.16. The lowest BCUT2D eigenvalue weighted by Gasteiger charge is -2.26. The fourth-order valence-corrected chi connectivity index (χ4v) is 9.85. The largest absolute Gasteiger partial charge is 0.486 e. The minimum absolute atomic E-state index is 0.266. The van der Waals surface area contributed by atoms with E-state index in [1.54, 1.807) is 22.7 Å². The van der Waals surface area contributed by atoms with Crippen LogP contribution in [0.2, 0.25) is 0 Å². The molecule has 0 spiro atoms. The van der Waals surface area contributed by atoms with Crippen LogP contribution in [0, 0.1) is 20.4 Å². The summed E-state index contributed by atoms with van der Waals surface area (Å²) < 4.78 is 4.75. The number of nitrogens with zero attached hydrogens (tertiary/aromatic N) is 2. The molecule has 1 N–H and O–H groups in total. The van der Waals surface area contributed by atoms with E-state index in [1.807, 2.05) is 17.4 Å². The summed E-state index contributed by atoms with van der Waals surface area (Å²) in [6.45, 7) is 11.3. The van der Waals surface area contributed by atoms with E-state index in [1.165, 1.54) is 58.1 Å². The number of aryl methyl sites for hydroxylation is 2. The Labute approximate surface area is 270 Å². The summed E-state index contributed by atoms with van der Waals surface area (Å²) in [5, 5.41) is 9.15. The van der Waals surface area contributed by atoms with Crippen molar-refractivity contribution < 1.29 is 9.90 Å². The van der Waals surface area contributed by atoms with Crippen LogP contribution in [-0.4, -0.2) is 11.1 Å². The molecule has 3 aromatic carbocycles. The number of hydrogen-bond donors (Lipinski definition) is 1. The summed E-state index contributed by atoms with van der Waals surface area (Å²) in [4.78, 5) is 21.1. The highest BCUT2D eigenvalue weighted by atomic mass is 32.1. The number of carboxylic acid groups (broad SMARTS) is 1. The van der Waals surface area contributed by atoms with Crippen LogP contribution in [0.25, 0.3) is 49.9 Å². The van der Waals surface area contributed by atoms with Crippen LogP contribution < -0.4 is 4.90 Å². The highest BCUT2D eigenvalue weighted by molar-refractivity contribution is 7.34. The van der Waals surface area contributed by atoms with E-state index in [4.69, 9.17) is 11.7 Å². The van der Waals surface area contributed by atoms with Crippen molar-refractivity contribution in [3.05, 3.63) is 130 Å². The minimum Gasteiger partial charge on any atom is -0.486 e. The summed E-state index contributed by atoms with van der Waals surface area (Å²) in [6.07, 6.45) is 1.45. The Morgan fingerprint density at radius 2 is 1.09 bits per heavy atom. The van der Waals surface area contributed by atoms with Gasteiger partial charge in [0.25, 0.3) is 5.70 Å². The predicted octanol–water partition coefficient (Wildman–Crippen LogP) is 12.0. The van der Waals surface area contributed by atoms with Crippen LogP contribution in [0.4, 0.5) is 17.1 Å². The van der Waals surface area contributed by atoms with Gasteiger partial charge in [0.2, 0.25) is 0 Å². The summed E-state index contributed by atoms with van der Waals surface area (Å²) in [7, 11) is 0. The first-order chi connectivity index (χ1) is 21.3. The quantitative estimate of drug-likeness (QED) is 0.139. The number of hydrogen-bond acceptors (Lipinski definition) is 6. The highest BCUT2D eigenvalue weighted by Crippen LogP contribution is 2.46. The number of aliphatic carboxylic acids is 1. The Balaban J connectivity index is 1.15. The maximum absolute atomic E-state index is 11.2. The van der Waals surface area contributed by atoms with E-state index in [0.717, 1.165) is 31.3 Å². The summed E-state index contributed by atoms with van der Waals surface area (Å²) in [5.74, 6) is -1.20. The maximum Gasteiger partial charge on any atom is 0.333 e. The van der Waals surface area contributed by atoms with Gasteiger partial charge in [0.15, 0.2) is 0 Å². The lowest BCUT2D eigenvalue weighted by molar-refractivity contribution is -0.132. The van der Waals surface area contributed by atoms with Gasteiger partial charge in [-0.05, 0) is 86.2 Å². The van der Waals surface area contributed by atoms with Crippen molar-refractivity contribution in [1.82, 2.24) is 0 Å². The van der Waals surface area contributed by atoms with Crippen LogP contribution in [0.3, 0.4) is 0 Å². The first-order valence-corrected chi connectivity index (χ1v) is 17.0. The van der Waals surface area contributed by atoms with Gasteiger partial charge in [-0.2, -0.15) is 0 Å². The normalized spacial score (nSPS) is 11.7. The molecular formula is C36H24N2O2S4. The zero-order valence-corrected chi connectivity index (χ0v) is 27.0. The van der Waals surface area contributed by atoms with Gasteiger partial charge in [-0.3, -0.25) is 4.79 Å². The second-order valence-corrected chi connectivity index (χ2v) is 14.8. The van der Waals surface area contributed by atoms with Crippen LogP contribution in [-0.2, 0) is 4.79 Å². The zero-order chi connectivity index (χ0) is 30.4. The van der Waals surface area contributed by atoms with Crippen molar-refractivity contribution in [2.24, 2.45) is 0 Å². The molecule has 0 saturated carbocycles. The molecule has 0 bridgehead atoms. The monoisotopic (exact) mass is 644 g/mol. The first-order valence-electron chi connectivity index (χ1n) is 13.8. The molecule has 0 fully saturated rings. The molecule has 0 saturated heterocycles. The molecule has 0 radical (unpaired) electrons. The number of anilines is 3. The summed E-state index contributed by atoms with van der Waals surface area (Å²) >= 11 is 6.83. The molecule has 214 valence electrons. The Morgan fingerprint density at radius 1 is 0.659 bits per heavy atom. The Morgan fingerprint density at radius 3 is 1.57 bits per heavy atom. The second kappa shape index (κ2) is 11.5. The topological polar surface area (TPSA) is 44.9 Å².